The number of hydrogen-bond donors (Lipinski definition) is 0. The molecule has 0 aliphatic rings. The minimum atomic E-state index is 0.0835. The first-order chi connectivity index (χ1) is 11.1. The van der Waals surface area contributed by atoms with Crippen LogP contribution in [0.15, 0.2) is 48.8 Å². The number of rotatable bonds is 8. The molecule has 2 aromatic rings. The molecule has 0 saturated carbocycles. The second-order valence-corrected chi connectivity index (χ2v) is 6.10. The van der Waals surface area contributed by atoms with Crippen molar-refractivity contribution >= 4 is 34.7 Å². The molecule has 0 radical (unpaired) electrons. The Kier molecular flexibility index (Phi) is 6.87. The number of hydrogen-bond acceptors (Lipinski definition) is 2. The third kappa shape index (κ3) is 5.22. The largest absolute Gasteiger partial charge is 0.369 e. The summed E-state index contributed by atoms with van der Waals surface area (Å²) in [4.78, 5) is 13.5. The zero-order valence-corrected chi connectivity index (χ0v) is 14.7. The Hall–Kier alpha value is -1.58. The SMILES string of the molecule is CC(=O)c1cc[n+](Cc2ccc(N(CCCl)CCCl)cc2)cc1. The van der Waals surface area contributed by atoms with Gasteiger partial charge in [0.2, 0.25) is 0 Å². The Morgan fingerprint density at radius 3 is 2.04 bits per heavy atom. The van der Waals surface area contributed by atoms with E-state index in [0.717, 1.165) is 30.9 Å². The summed E-state index contributed by atoms with van der Waals surface area (Å²) in [5, 5.41) is 0. The average Bonchev–Trinajstić information content (AvgIpc) is 2.56. The molecule has 1 aromatic carbocycles. The summed E-state index contributed by atoms with van der Waals surface area (Å²) in [5.41, 5.74) is 3.06. The topological polar surface area (TPSA) is 24.2 Å². The number of carbonyl (C=O) groups is 1. The van der Waals surface area contributed by atoms with Crippen molar-refractivity contribution in [2.75, 3.05) is 29.7 Å². The van der Waals surface area contributed by atoms with E-state index in [0.29, 0.717) is 11.8 Å². The number of Topliss-reactive ketones (excluding diaryl/α,β-unsaturated/α-hetero) is 1. The Morgan fingerprint density at radius 1 is 1.00 bits per heavy atom. The predicted molar refractivity (Wildman–Crippen MR) is 95.8 cm³/mol. The Bertz CT molecular complexity index is 620. The molecular weight excluding hydrogens is 331 g/mol. The van der Waals surface area contributed by atoms with Gasteiger partial charge in [-0.2, -0.15) is 0 Å². The zero-order valence-electron chi connectivity index (χ0n) is 13.2. The van der Waals surface area contributed by atoms with Crippen LogP contribution in [0.1, 0.15) is 22.8 Å². The standard InChI is InChI=1S/C18H21Cl2N2O/c1-15(23)17-6-10-21(11-7-17)14-16-2-4-18(5-3-16)22(12-8-19)13-9-20/h2-7,10-11H,8-9,12-14H2,1H3/q+1. The molecule has 0 aliphatic heterocycles. The number of carbonyl (C=O) groups excluding carboxylic acids is 1. The molecule has 3 nitrogen and oxygen atoms in total. The summed E-state index contributed by atoms with van der Waals surface area (Å²) in [7, 11) is 0. The third-order valence-electron chi connectivity index (χ3n) is 3.67. The van der Waals surface area contributed by atoms with E-state index in [9.17, 15) is 4.79 Å². The van der Waals surface area contributed by atoms with Crippen LogP contribution in [0.3, 0.4) is 0 Å². The number of halogens is 2. The monoisotopic (exact) mass is 351 g/mol. The highest BCUT2D eigenvalue weighted by molar-refractivity contribution is 6.18. The van der Waals surface area contributed by atoms with E-state index in [-0.39, 0.29) is 5.78 Å². The van der Waals surface area contributed by atoms with E-state index >= 15 is 0 Å². The maximum atomic E-state index is 11.3. The number of ketones is 1. The summed E-state index contributed by atoms with van der Waals surface area (Å²) in [6, 6.07) is 12.1. The lowest BCUT2D eigenvalue weighted by Crippen LogP contribution is -2.33. The maximum absolute atomic E-state index is 11.3. The van der Waals surface area contributed by atoms with Crippen LogP contribution in [0.4, 0.5) is 5.69 Å². The maximum Gasteiger partial charge on any atom is 0.173 e. The van der Waals surface area contributed by atoms with E-state index in [4.69, 9.17) is 23.2 Å². The van der Waals surface area contributed by atoms with E-state index in [1.807, 2.05) is 24.5 Å². The van der Waals surface area contributed by atoms with Crippen LogP contribution < -0.4 is 9.47 Å². The van der Waals surface area contributed by atoms with E-state index in [2.05, 4.69) is 33.7 Å². The molecule has 1 heterocycles. The molecule has 0 atom stereocenters. The van der Waals surface area contributed by atoms with Crippen molar-refractivity contribution < 1.29 is 9.36 Å². The number of benzene rings is 1. The molecule has 122 valence electrons. The Labute approximate surface area is 147 Å². The normalized spacial score (nSPS) is 10.6. The fraction of sp³-hybridized carbons (Fsp3) is 0.333. The van der Waals surface area contributed by atoms with Crippen molar-refractivity contribution in [2.45, 2.75) is 13.5 Å². The molecule has 0 bridgehead atoms. The van der Waals surface area contributed by atoms with Crippen molar-refractivity contribution in [1.29, 1.82) is 0 Å². The van der Waals surface area contributed by atoms with Crippen molar-refractivity contribution in [2.24, 2.45) is 0 Å². The van der Waals surface area contributed by atoms with E-state index in [1.165, 1.54) is 5.56 Å². The van der Waals surface area contributed by atoms with Gasteiger partial charge in [0, 0.05) is 53.8 Å². The highest BCUT2D eigenvalue weighted by Crippen LogP contribution is 2.15. The minimum Gasteiger partial charge on any atom is -0.369 e. The van der Waals surface area contributed by atoms with Crippen LogP contribution in [0.5, 0.6) is 0 Å². The van der Waals surface area contributed by atoms with Gasteiger partial charge < -0.3 is 4.90 Å². The van der Waals surface area contributed by atoms with Crippen molar-refractivity contribution in [1.82, 2.24) is 0 Å². The average molecular weight is 352 g/mol. The van der Waals surface area contributed by atoms with Crippen molar-refractivity contribution in [3.63, 3.8) is 0 Å². The van der Waals surface area contributed by atoms with Gasteiger partial charge in [0.05, 0.1) is 0 Å². The van der Waals surface area contributed by atoms with Crippen LogP contribution in [-0.2, 0) is 6.54 Å². The fourth-order valence-electron chi connectivity index (χ4n) is 2.39. The fourth-order valence-corrected chi connectivity index (χ4v) is 2.80. The molecule has 0 spiro atoms. The summed E-state index contributed by atoms with van der Waals surface area (Å²) in [6.07, 6.45) is 3.86. The first kappa shape index (κ1) is 17.8. The van der Waals surface area contributed by atoms with Crippen LogP contribution in [0.25, 0.3) is 0 Å². The second kappa shape index (κ2) is 8.90. The molecule has 0 amide bonds. The number of pyridine rings is 1. The van der Waals surface area contributed by atoms with Gasteiger partial charge in [0.25, 0.3) is 0 Å². The predicted octanol–water partition coefficient (Wildman–Crippen LogP) is 3.51. The van der Waals surface area contributed by atoms with Gasteiger partial charge in [-0.15, -0.1) is 23.2 Å². The van der Waals surface area contributed by atoms with Crippen LogP contribution >= 0.6 is 23.2 Å². The highest BCUT2D eigenvalue weighted by Gasteiger charge is 2.08. The lowest BCUT2D eigenvalue weighted by atomic mass is 10.1. The van der Waals surface area contributed by atoms with Crippen LogP contribution in [0, 0.1) is 0 Å². The van der Waals surface area contributed by atoms with Crippen LogP contribution in [-0.4, -0.2) is 30.6 Å². The molecule has 0 saturated heterocycles. The molecule has 2 rings (SSSR count). The molecule has 1 aromatic heterocycles. The van der Waals surface area contributed by atoms with E-state index in [1.54, 1.807) is 6.92 Å². The lowest BCUT2D eigenvalue weighted by molar-refractivity contribution is -0.688. The van der Waals surface area contributed by atoms with Gasteiger partial charge in [-0.05, 0) is 19.1 Å². The molecule has 5 heteroatoms. The quantitative estimate of drug-likeness (QED) is 0.413. The number of aromatic nitrogens is 1. The van der Waals surface area contributed by atoms with Gasteiger partial charge in [-0.1, -0.05) is 12.1 Å². The Balaban J connectivity index is 2.05. The van der Waals surface area contributed by atoms with Crippen molar-refractivity contribution in [3.8, 4) is 0 Å². The molecule has 0 aliphatic carbocycles. The summed E-state index contributed by atoms with van der Waals surface area (Å²) >= 11 is 11.7. The first-order valence-corrected chi connectivity index (χ1v) is 8.67. The number of alkyl halides is 2. The lowest BCUT2D eigenvalue weighted by Gasteiger charge is -2.22. The zero-order chi connectivity index (χ0) is 16.7. The van der Waals surface area contributed by atoms with Crippen LogP contribution in [0.2, 0.25) is 0 Å². The van der Waals surface area contributed by atoms with E-state index < -0.39 is 0 Å². The Morgan fingerprint density at radius 2 is 1.57 bits per heavy atom. The van der Waals surface area contributed by atoms with Gasteiger partial charge in [0.1, 0.15) is 0 Å². The molecule has 0 N–H and O–H groups in total. The van der Waals surface area contributed by atoms with Gasteiger partial charge >= 0.3 is 0 Å². The summed E-state index contributed by atoms with van der Waals surface area (Å²) in [5.74, 6) is 1.24. The third-order valence-corrected chi connectivity index (χ3v) is 4.01. The molecule has 0 fully saturated rings. The number of nitrogens with zero attached hydrogens (tertiary/aromatic N) is 2. The minimum absolute atomic E-state index is 0.0835. The van der Waals surface area contributed by atoms with Gasteiger partial charge in [0.15, 0.2) is 24.7 Å². The summed E-state index contributed by atoms with van der Waals surface area (Å²) in [6.45, 7) is 3.92. The van der Waals surface area contributed by atoms with Crippen molar-refractivity contribution in [3.05, 3.63) is 59.9 Å². The molecular formula is C18H21Cl2N2O+. The first-order valence-electron chi connectivity index (χ1n) is 7.60. The summed E-state index contributed by atoms with van der Waals surface area (Å²) < 4.78 is 2.05. The highest BCUT2D eigenvalue weighted by atomic mass is 35.5. The second-order valence-electron chi connectivity index (χ2n) is 5.35. The molecule has 0 unspecified atom stereocenters. The number of anilines is 1. The molecule has 23 heavy (non-hydrogen) atoms. The van der Waals surface area contributed by atoms with Gasteiger partial charge in [-0.25, -0.2) is 4.57 Å². The van der Waals surface area contributed by atoms with Gasteiger partial charge in [-0.3, -0.25) is 4.79 Å². The smallest absolute Gasteiger partial charge is 0.173 e.